The van der Waals surface area contributed by atoms with Gasteiger partial charge < -0.3 is 4.52 Å². The molecular formula is C19H19N7O4S. The van der Waals surface area contributed by atoms with Gasteiger partial charge in [-0.25, -0.2) is 4.68 Å². The molecule has 0 saturated heterocycles. The van der Waals surface area contributed by atoms with Crippen LogP contribution in [0.2, 0.25) is 0 Å². The van der Waals surface area contributed by atoms with Crippen LogP contribution in [0.3, 0.4) is 0 Å². The number of carbonyl (C=O) groups is 1. The van der Waals surface area contributed by atoms with Crippen LogP contribution in [0.4, 0.5) is 5.69 Å². The fourth-order valence-corrected chi connectivity index (χ4v) is 4.14. The molecule has 160 valence electrons. The molecule has 0 atom stereocenters. The van der Waals surface area contributed by atoms with Crippen molar-refractivity contribution < 1.29 is 17.7 Å². The number of nitrogens with zero attached hydrogens (tertiary/aromatic N) is 5. The van der Waals surface area contributed by atoms with Crippen LogP contribution >= 0.6 is 0 Å². The average molecular weight is 441 g/mol. The van der Waals surface area contributed by atoms with Crippen molar-refractivity contribution in [2.45, 2.75) is 32.2 Å². The minimum Gasteiger partial charge on any atom is -0.339 e. The minimum atomic E-state index is -4.12. The highest BCUT2D eigenvalue weighted by Gasteiger charge is 2.27. The van der Waals surface area contributed by atoms with Crippen molar-refractivity contribution in [3.05, 3.63) is 59.4 Å². The van der Waals surface area contributed by atoms with Crippen LogP contribution in [0.5, 0.6) is 0 Å². The number of benzene rings is 1. The van der Waals surface area contributed by atoms with Gasteiger partial charge in [-0.05, 0) is 44.2 Å². The zero-order chi connectivity index (χ0) is 22.2. The number of aryl methyl sites for hydroxylation is 3. The Labute approximate surface area is 177 Å². The topological polar surface area (TPSA) is 149 Å². The van der Waals surface area contributed by atoms with Gasteiger partial charge in [-0.3, -0.25) is 14.6 Å². The van der Waals surface area contributed by atoms with Gasteiger partial charge in [0.05, 0.1) is 11.9 Å². The Hall–Kier alpha value is -3.80. The predicted octanol–water partition coefficient (Wildman–Crippen LogP) is 2.32. The van der Waals surface area contributed by atoms with Crippen LogP contribution in [-0.4, -0.2) is 44.4 Å². The highest BCUT2D eigenvalue weighted by molar-refractivity contribution is 7.92. The molecule has 3 heterocycles. The predicted molar refractivity (Wildman–Crippen MR) is 110 cm³/mol. The molecule has 0 aliphatic carbocycles. The van der Waals surface area contributed by atoms with E-state index in [2.05, 4.69) is 30.2 Å². The molecule has 2 N–H and O–H groups in total. The number of aromatic amines is 1. The number of carbonyl (C=O) groups excluding carboxylic acids is 1. The van der Waals surface area contributed by atoms with Crippen LogP contribution in [0.25, 0.3) is 11.4 Å². The number of hydrogen-bond acceptors (Lipinski definition) is 8. The molecule has 3 aromatic heterocycles. The van der Waals surface area contributed by atoms with Gasteiger partial charge in [0.25, 0.3) is 15.9 Å². The normalized spacial score (nSPS) is 11.6. The van der Waals surface area contributed by atoms with Gasteiger partial charge in [0.1, 0.15) is 5.56 Å². The van der Waals surface area contributed by atoms with Gasteiger partial charge in [-0.15, -0.1) is 0 Å². The van der Waals surface area contributed by atoms with Crippen LogP contribution in [-0.2, 0) is 16.4 Å². The third kappa shape index (κ3) is 3.97. The summed E-state index contributed by atoms with van der Waals surface area (Å²) in [7, 11) is -4.12. The number of anilines is 1. The average Bonchev–Trinajstić information content (AvgIpc) is 3.47. The second-order valence-corrected chi connectivity index (χ2v) is 8.42. The van der Waals surface area contributed by atoms with Gasteiger partial charge in [-0.1, -0.05) is 12.1 Å². The lowest BCUT2D eigenvalue weighted by Gasteiger charge is -2.09. The molecule has 0 unspecified atom stereocenters. The zero-order valence-corrected chi connectivity index (χ0v) is 17.8. The van der Waals surface area contributed by atoms with Crippen molar-refractivity contribution in [1.29, 1.82) is 0 Å². The molecule has 0 aliphatic rings. The first kappa shape index (κ1) is 20.5. The first-order valence-corrected chi connectivity index (χ1v) is 10.8. The summed E-state index contributed by atoms with van der Waals surface area (Å²) in [6.45, 7) is 5.35. The standard InChI is InChI=1S/C19H19N7O4S/c1-4-16-21-17(24-30-16)13-5-7-14(8-6-13)25-31(28,29)18-15(10-20-22-18)19(27)26-12(3)9-11(2)23-26/h5-10,25H,4H2,1-3H3,(H,20,22). The summed E-state index contributed by atoms with van der Waals surface area (Å²) >= 11 is 0. The monoisotopic (exact) mass is 441 g/mol. The fraction of sp³-hybridized carbons (Fsp3) is 0.211. The molecule has 31 heavy (non-hydrogen) atoms. The molecule has 0 aliphatic heterocycles. The van der Waals surface area contributed by atoms with E-state index in [4.69, 9.17) is 4.52 Å². The lowest BCUT2D eigenvalue weighted by atomic mass is 10.2. The summed E-state index contributed by atoms with van der Waals surface area (Å²) < 4.78 is 34.5. The van der Waals surface area contributed by atoms with E-state index < -0.39 is 15.9 Å². The first-order valence-electron chi connectivity index (χ1n) is 9.35. The van der Waals surface area contributed by atoms with Gasteiger partial charge in [0.2, 0.25) is 11.7 Å². The Balaban J connectivity index is 1.58. The third-order valence-corrected chi connectivity index (χ3v) is 5.82. The van der Waals surface area contributed by atoms with Crippen molar-refractivity contribution in [3.8, 4) is 11.4 Å². The molecule has 0 radical (unpaired) electrons. The van der Waals surface area contributed by atoms with Crippen molar-refractivity contribution in [1.82, 2.24) is 30.1 Å². The quantitative estimate of drug-likeness (QED) is 0.463. The number of hydrogen-bond donors (Lipinski definition) is 2. The molecule has 0 bridgehead atoms. The summed E-state index contributed by atoms with van der Waals surface area (Å²) in [5.74, 6) is 0.329. The maximum Gasteiger partial charge on any atom is 0.283 e. The van der Waals surface area contributed by atoms with E-state index in [1.165, 1.54) is 0 Å². The van der Waals surface area contributed by atoms with Crippen molar-refractivity contribution in [3.63, 3.8) is 0 Å². The Morgan fingerprint density at radius 1 is 1.23 bits per heavy atom. The highest BCUT2D eigenvalue weighted by atomic mass is 32.2. The van der Waals surface area contributed by atoms with E-state index in [0.717, 1.165) is 10.9 Å². The number of sulfonamides is 1. The first-order chi connectivity index (χ1) is 14.8. The second kappa shape index (κ2) is 7.80. The van der Waals surface area contributed by atoms with Gasteiger partial charge in [0, 0.05) is 23.4 Å². The van der Waals surface area contributed by atoms with Crippen LogP contribution in [0.15, 0.2) is 46.1 Å². The van der Waals surface area contributed by atoms with Crippen molar-refractivity contribution in [2.24, 2.45) is 0 Å². The molecular weight excluding hydrogens is 422 g/mol. The maximum absolute atomic E-state index is 12.9. The summed E-state index contributed by atoms with van der Waals surface area (Å²) in [5.41, 5.74) is 2.08. The lowest BCUT2D eigenvalue weighted by molar-refractivity contribution is 0.0939. The lowest BCUT2D eigenvalue weighted by Crippen LogP contribution is -2.21. The smallest absolute Gasteiger partial charge is 0.283 e. The van der Waals surface area contributed by atoms with Crippen molar-refractivity contribution in [2.75, 3.05) is 4.72 Å². The highest BCUT2D eigenvalue weighted by Crippen LogP contribution is 2.22. The number of aromatic nitrogens is 6. The van der Waals surface area contributed by atoms with Crippen LogP contribution < -0.4 is 4.72 Å². The summed E-state index contributed by atoms with van der Waals surface area (Å²) in [5, 5.41) is 13.8. The molecule has 0 saturated carbocycles. The minimum absolute atomic E-state index is 0.116. The van der Waals surface area contributed by atoms with E-state index in [-0.39, 0.29) is 10.6 Å². The summed E-state index contributed by atoms with van der Waals surface area (Å²) in [4.78, 5) is 17.1. The molecule has 12 heteroatoms. The van der Waals surface area contributed by atoms with Crippen molar-refractivity contribution >= 4 is 21.6 Å². The Morgan fingerprint density at radius 3 is 2.58 bits per heavy atom. The molecule has 0 spiro atoms. The number of rotatable bonds is 6. The van der Waals surface area contributed by atoms with Gasteiger partial charge in [0.15, 0.2) is 5.03 Å². The number of H-pyrrole nitrogens is 1. The number of nitrogens with one attached hydrogen (secondary N) is 2. The molecule has 1 aromatic carbocycles. The Kier molecular flexibility index (Phi) is 5.15. The maximum atomic E-state index is 12.9. The molecule has 4 aromatic rings. The van der Waals surface area contributed by atoms with Crippen LogP contribution in [0.1, 0.15) is 34.6 Å². The van der Waals surface area contributed by atoms with E-state index in [1.54, 1.807) is 44.2 Å². The van der Waals surface area contributed by atoms with Gasteiger partial charge in [-0.2, -0.15) is 23.6 Å². The summed E-state index contributed by atoms with van der Waals surface area (Å²) in [6, 6.07) is 8.18. The molecule has 0 fully saturated rings. The van der Waals surface area contributed by atoms with E-state index in [1.807, 2.05) is 6.92 Å². The third-order valence-electron chi connectivity index (χ3n) is 4.47. The molecule has 11 nitrogen and oxygen atoms in total. The zero-order valence-electron chi connectivity index (χ0n) is 16.9. The Morgan fingerprint density at radius 2 is 1.97 bits per heavy atom. The van der Waals surface area contributed by atoms with Gasteiger partial charge >= 0.3 is 0 Å². The second-order valence-electron chi connectivity index (χ2n) is 6.80. The van der Waals surface area contributed by atoms with E-state index in [9.17, 15) is 13.2 Å². The fourth-order valence-electron chi connectivity index (χ4n) is 2.99. The molecule has 4 rings (SSSR count). The summed E-state index contributed by atoms with van der Waals surface area (Å²) in [6.07, 6.45) is 1.78. The molecule has 0 amide bonds. The van der Waals surface area contributed by atoms with E-state index in [0.29, 0.717) is 40.8 Å². The van der Waals surface area contributed by atoms with Crippen LogP contribution in [0, 0.1) is 13.8 Å². The SMILES string of the molecule is CCc1nc(-c2ccc(NS(=O)(=O)c3[nH]ncc3C(=O)n3nc(C)cc3C)cc2)no1. The largest absolute Gasteiger partial charge is 0.339 e. The van der Waals surface area contributed by atoms with E-state index >= 15 is 0 Å². The Bertz CT molecular complexity index is 1350.